The molecule has 0 spiro atoms. The second-order valence-electron chi connectivity index (χ2n) is 5.98. The van der Waals surface area contributed by atoms with Crippen LogP contribution in [-0.2, 0) is 0 Å². The Morgan fingerprint density at radius 2 is 2.10 bits per heavy atom. The highest BCUT2D eigenvalue weighted by atomic mass is 15.5. The summed E-state index contributed by atoms with van der Waals surface area (Å²) < 4.78 is 1.71. The van der Waals surface area contributed by atoms with Gasteiger partial charge in [-0.05, 0) is 47.4 Å². The molecule has 3 rings (SSSR count). The molecule has 1 aromatic carbocycles. The SMILES string of the molecule is Cc1ccc(NCCC2CCCCC2)cc1-n1cnnn1. The van der Waals surface area contributed by atoms with E-state index in [1.54, 1.807) is 11.0 Å². The van der Waals surface area contributed by atoms with Gasteiger partial charge in [-0.2, -0.15) is 0 Å². The Morgan fingerprint density at radius 1 is 1.24 bits per heavy atom. The van der Waals surface area contributed by atoms with E-state index in [1.807, 2.05) is 0 Å². The lowest BCUT2D eigenvalue weighted by Crippen LogP contribution is -2.12. The molecule has 0 saturated heterocycles. The first-order chi connectivity index (χ1) is 10.3. The standard InChI is InChI=1S/C16H23N5/c1-13-7-8-15(11-16(13)21-12-18-19-20-21)17-10-9-14-5-3-2-4-6-14/h7-8,11-12,14,17H,2-6,9-10H2,1H3. The van der Waals surface area contributed by atoms with Crippen LogP contribution in [0.4, 0.5) is 5.69 Å². The molecule has 0 unspecified atom stereocenters. The molecule has 0 aliphatic heterocycles. The van der Waals surface area contributed by atoms with Crippen molar-refractivity contribution < 1.29 is 0 Å². The number of rotatable bonds is 5. The molecule has 5 nitrogen and oxygen atoms in total. The topological polar surface area (TPSA) is 55.6 Å². The van der Waals surface area contributed by atoms with Crippen molar-refractivity contribution in [1.82, 2.24) is 20.2 Å². The second kappa shape index (κ2) is 6.70. The number of nitrogens with zero attached hydrogens (tertiary/aromatic N) is 4. The van der Waals surface area contributed by atoms with Crippen LogP contribution in [0, 0.1) is 12.8 Å². The van der Waals surface area contributed by atoms with Gasteiger partial charge >= 0.3 is 0 Å². The van der Waals surface area contributed by atoms with E-state index >= 15 is 0 Å². The van der Waals surface area contributed by atoms with E-state index in [-0.39, 0.29) is 0 Å². The van der Waals surface area contributed by atoms with Crippen LogP contribution in [0.2, 0.25) is 0 Å². The van der Waals surface area contributed by atoms with Crippen molar-refractivity contribution in [3.8, 4) is 5.69 Å². The molecule has 0 radical (unpaired) electrons. The van der Waals surface area contributed by atoms with Gasteiger partial charge in [-0.15, -0.1) is 5.10 Å². The Hall–Kier alpha value is -1.91. The van der Waals surface area contributed by atoms with Gasteiger partial charge in [0, 0.05) is 12.2 Å². The number of aromatic nitrogens is 4. The first kappa shape index (κ1) is 14.0. The summed E-state index contributed by atoms with van der Waals surface area (Å²) in [6.07, 6.45) is 9.98. The van der Waals surface area contributed by atoms with E-state index in [2.05, 4.69) is 46.0 Å². The van der Waals surface area contributed by atoms with Crippen LogP contribution in [-0.4, -0.2) is 26.8 Å². The first-order valence-corrected chi connectivity index (χ1v) is 7.91. The number of hydrogen-bond donors (Lipinski definition) is 1. The third kappa shape index (κ3) is 3.60. The average Bonchev–Trinajstić information content (AvgIpc) is 3.04. The predicted molar refractivity (Wildman–Crippen MR) is 83.6 cm³/mol. The summed E-state index contributed by atoms with van der Waals surface area (Å²) in [6.45, 7) is 3.12. The quantitative estimate of drug-likeness (QED) is 0.915. The van der Waals surface area contributed by atoms with Crippen LogP contribution >= 0.6 is 0 Å². The van der Waals surface area contributed by atoms with Gasteiger partial charge in [-0.25, -0.2) is 4.68 Å². The third-order valence-electron chi connectivity index (χ3n) is 4.41. The highest BCUT2D eigenvalue weighted by Gasteiger charge is 2.12. The number of hydrogen-bond acceptors (Lipinski definition) is 4. The van der Waals surface area contributed by atoms with Gasteiger partial charge in [0.05, 0.1) is 5.69 Å². The molecular weight excluding hydrogens is 262 g/mol. The number of benzene rings is 1. The van der Waals surface area contributed by atoms with Crippen LogP contribution < -0.4 is 5.32 Å². The maximum Gasteiger partial charge on any atom is 0.143 e. The maximum absolute atomic E-state index is 3.97. The van der Waals surface area contributed by atoms with E-state index in [9.17, 15) is 0 Å². The van der Waals surface area contributed by atoms with Gasteiger partial charge in [0.25, 0.3) is 0 Å². The van der Waals surface area contributed by atoms with Gasteiger partial charge in [0.2, 0.25) is 0 Å². The minimum atomic E-state index is 0.913. The highest BCUT2D eigenvalue weighted by Crippen LogP contribution is 2.26. The zero-order chi connectivity index (χ0) is 14.5. The molecule has 2 aromatic rings. The average molecular weight is 285 g/mol. The second-order valence-corrected chi connectivity index (χ2v) is 5.98. The molecule has 21 heavy (non-hydrogen) atoms. The summed E-state index contributed by atoms with van der Waals surface area (Å²) in [6, 6.07) is 6.36. The van der Waals surface area contributed by atoms with Gasteiger partial charge in [0.1, 0.15) is 6.33 Å². The van der Waals surface area contributed by atoms with Crippen molar-refractivity contribution in [3.63, 3.8) is 0 Å². The fraction of sp³-hybridized carbons (Fsp3) is 0.562. The van der Waals surface area contributed by atoms with E-state index < -0.39 is 0 Å². The Kier molecular flexibility index (Phi) is 4.48. The van der Waals surface area contributed by atoms with Crippen molar-refractivity contribution in [2.75, 3.05) is 11.9 Å². The normalized spacial score (nSPS) is 16.0. The van der Waals surface area contributed by atoms with Crippen LogP contribution in [0.1, 0.15) is 44.1 Å². The van der Waals surface area contributed by atoms with E-state index in [1.165, 1.54) is 44.1 Å². The summed E-state index contributed by atoms with van der Waals surface area (Å²) in [4.78, 5) is 0. The molecule has 0 bridgehead atoms. The Bertz CT molecular complexity index is 558. The molecule has 0 amide bonds. The van der Waals surface area contributed by atoms with Crippen molar-refractivity contribution in [1.29, 1.82) is 0 Å². The third-order valence-corrected chi connectivity index (χ3v) is 4.41. The monoisotopic (exact) mass is 285 g/mol. The van der Waals surface area contributed by atoms with Gasteiger partial charge in [-0.1, -0.05) is 38.2 Å². The molecular formula is C16H23N5. The summed E-state index contributed by atoms with van der Waals surface area (Å²) in [5, 5.41) is 14.9. The zero-order valence-electron chi connectivity index (χ0n) is 12.6. The molecule has 1 aliphatic rings. The zero-order valence-corrected chi connectivity index (χ0v) is 12.6. The molecule has 0 atom stereocenters. The largest absolute Gasteiger partial charge is 0.385 e. The lowest BCUT2D eigenvalue weighted by molar-refractivity contribution is 0.345. The lowest BCUT2D eigenvalue weighted by Gasteiger charge is -2.21. The summed E-state index contributed by atoms with van der Waals surface area (Å²) in [7, 11) is 0. The van der Waals surface area contributed by atoms with Crippen LogP contribution in [0.25, 0.3) is 5.69 Å². The van der Waals surface area contributed by atoms with E-state index in [4.69, 9.17) is 0 Å². The molecule has 112 valence electrons. The van der Waals surface area contributed by atoms with Crippen LogP contribution in [0.3, 0.4) is 0 Å². The Labute approximate surface area is 125 Å². The molecule has 1 fully saturated rings. The molecule has 1 heterocycles. The van der Waals surface area contributed by atoms with Gasteiger partial charge < -0.3 is 5.32 Å². The van der Waals surface area contributed by atoms with Crippen molar-refractivity contribution >= 4 is 5.69 Å². The smallest absolute Gasteiger partial charge is 0.143 e. The predicted octanol–water partition coefficient (Wildman–Crippen LogP) is 3.35. The summed E-state index contributed by atoms with van der Waals surface area (Å²) in [5.41, 5.74) is 3.34. The number of aryl methyl sites for hydroxylation is 1. The van der Waals surface area contributed by atoms with E-state index in [0.717, 1.165) is 23.8 Å². The minimum Gasteiger partial charge on any atom is -0.385 e. The fourth-order valence-electron chi connectivity index (χ4n) is 3.13. The first-order valence-electron chi connectivity index (χ1n) is 7.91. The molecule has 1 aromatic heterocycles. The summed E-state index contributed by atoms with van der Waals surface area (Å²) >= 11 is 0. The minimum absolute atomic E-state index is 0.913. The lowest BCUT2D eigenvalue weighted by atomic mass is 9.87. The van der Waals surface area contributed by atoms with Crippen molar-refractivity contribution in [2.45, 2.75) is 45.4 Å². The Morgan fingerprint density at radius 3 is 2.86 bits per heavy atom. The maximum atomic E-state index is 3.97. The number of anilines is 1. The van der Waals surface area contributed by atoms with Gasteiger partial charge in [-0.3, -0.25) is 0 Å². The van der Waals surface area contributed by atoms with Crippen molar-refractivity contribution in [3.05, 3.63) is 30.1 Å². The highest BCUT2D eigenvalue weighted by molar-refractivity contribution is 5.54. The van der Waals surface area contributed by atoms with E-state index in [0.29, 0.717) is 0 Å². The molecule has 1 saturated carbocycles. The molecule has 1 aliphatic carbocycles. The van der Waals surface area contributed by atoms with Gasteiger partial charge in [0.15, 0.2) is 0 Å². The Balaban J connectivity index is 1.59. The van der Waals surface area contributed by atoms with Crippen LogP contribution in [0.5, 0.6) is 0 Å². The number of tetrazole rings is 1. The number of nitrogens with one attached hydrogen (secondary N) is 1. The molecule has 5 heteroatoms. The van der Waals surface area contributed by atoms with Crippen molar-refractivity contribution in [2.24, 2.45) is 5.92 Å². The molecule has 1 N–H and O–H groups in total. The fourth-order valence-corrected chi connectivity index (χ4v) is 3.13. The van der Waals surface area contributed by atoms with Crippen LogP contribution in [0.15, 0.2) is 24.5 Å². The summed E-state index contributed by atoms with van der Waals surface area (Å²) in [5.74, 6) is 0.913.